The molecule has 0 radical (unpaired) electrons. The summed E-state index contributed by atoms with van der Waals surface area (Å²) in [4.78, 5) is 48.8. The molecular weight excluding hydrogens is 936 g/mol. The highest BCUT2D eigenvalue weighted by Gasteiger charge is 2.35. The largest absolute Gasteiger partial charge is 0.445 e. The number of nitrogens with one attached hydrogen (secondary N) is 5. The summed E-state index contributed by atoms with van der Waals surface area (Å²) in [6.45, 7) is 12.9. The lowest BCUT2D eigenvalue weighted by molar-refractivity contribution is 0.118. The summed E-state index contributed by atoms with van der Waals surface area (Å²) in [7, 11) is 0. The Morgan fingerprint density at radius 1 is 0.644 bits per heavy atom. The average molecular weight is 1000 g/mol. The van der Waals surface area contributed by atoms with E-state index in [4.69, 9.17) is 31.8 Å². The van der Waals surface area contributed by atoms with Gasteiger partial charge in [-0.25, -0.2) is 29.5 Å². The number of nitrogens with two attached hydrogens (primary N) is 1. The Morgan fingerprint density at radius 2 is 1.14 bits per heavy atom. The van der Waals surface area contributed by atoms with Crippen molar-refractivity contribution >= 4 is 51.5 Å². The standard InChI is InChI=1S/C29H33N5O2.C15H22N2O2.C14H12ClN3/c1-19-9-7-13-23-24(17-30-25(19)23)26-20(2)16-31-27(33-26)32-22-12-8-14-29(3,15-22)34-28(35)36-18-21-10-5-4-6-11-21;1-15(9-5-8-13(16)10-15)17-14(18)19-11-12-6-3-2-4-7-12;1-8-4-3-5-10-11(7-16-12(8)10)13-9(2)6-17-14(15)18-13/h4-7,9-11,13,16-17,22,30H,8,12,14-15,18H2,1-3H3,(H,34,35)(H,31,32,33);2-4,6-7,13H,5,8-11,16H2,1H3,(H,17,18);3-7,16H,1-2H3/t22-,29+;13-,15+;/m11./s1. The molecule has 2 amide bonds. The molecule has 2 fully saturated rings. The molecule has 4 aromatic carbocycles. The number of benzene rings is 4. The number of nitrogens with zero attached hydrogens (tertiary/aromatic N) is 4. The second-order valence-electron chi connectivity index (χ2n) is 20.1. The Hall–Kier alpha value is -7.29. The van der Waals surface area contributed by atoms with Gasteiger partial charge >= 0.3 is 12.2 Å². The van der Waals surface area contributed by atoms with E-state index in [-0.39, 0.29) is 47.2 Å². The number of anilines is 1. The molecular formula is C58H67ClN10O4. The van der Waals surface area contributed by atoms with E-state index in [0.29, 0.717) is 12.6 Å². The number of aryl methyl sites for hydroxylation is 4. The monoisotopic (exact) mass is 1000 g/mol. The first-order valence-electron chi connectivity index (χ1n) is 25.1. The van der Waals surface area contributed by atoms with Gasteiger partial charge in [0.1, 0.15) is 13.2 Å². The van der Waals surface area contributed by atoms with Crippen LogP contribution in [0.25, 0.3) is 44.3 Å². The van der Waals surface area contributed by atoms with Crippen LogP contribution in [-0.2, 0) is 22.7 Å². The van der Waals surface area contributed by atoms with Crippen LogP contribution in [0.4, 0.5) is 15.5 Å². The van der Waals surface area contributed by atoms with Crippen molar-refractivity contribution in [2.24, 2.45) is 5.73 Å². The summed E-state index contributed by atoms with van der Waals surface area (Å²) >= 11 is 5.88. The van der Waals surface area contributed by atoms with Crippen molar-refractivity contribution in [3.63, 3.8) is 0 Å². The molecule has 7 N–H and O–H groups in total. The van der Waals surface area contributed by atoms with Crippen molar-refractivity contribution in [1.82, 2.24) is 40.5 Å². The number of carbonyl (C=O) groups is 2. The van der Waals surface area contributed by atoms with Crippen LogP contribution in [0.15, 0.2) is 122 Å². The lowest BCUT2D eigenvalue weighted by Gasteiger charge is -2.38. The minimum atomic E-state index is -0.384. The van der Waals surface area contributed by atoms with Gasteiger partial charge in [0.2, 0.25) is 11.2 Å². The fourth-order valence-corrected chi connectivity index (χ4v) is 10.2. The molecule has 0 spiro atoms. The van der Waals surface area contributed by atoms with Gasteiger partial charge in [0.05, 0.1) is 11.4 Å². The van der Waals surface area contributed by atoms with Gasteiger partial charge < -0.3 is 41.1 Å². The van der Waals surface area contributed by atoms with Gasteiger partial charge in [-0.1, -0.05) is 97.1 Å². The number of hydrogen-bond donors (Lipinski definition) is 6. The maximum Gasteiger partial charge on any atom is 0.407 e. The smallest absolute Gasteiger partial charge is 0.407 e. The van der Waals surface area contributed by atoms with Crippen LogP contribution in [0.2, 0.25) is 5.28 Å². The van der Waals surface area contributed by atoms with Crippen LogP contribution in [0, 0.1) is 27.7 Å². The molecule has 2 saturated carbocycles. The van der Waals surface area contributed by atoms with Crippen molar-refractivity contribution in [1.29, 1.82) is 0 Å². The zero-order valence-corrected chi connectivity index (χ0v) is 43.4. The van der Waals surface area contributed by atoms with Crippen LogP contribution < -0.4 is 21.7 Å². The van der Waals surface area contributed by atoms with Crippen LogP contribution in [-0.4, -0.2) is 65.3 Å². The minimum Gasteiger partial charge on any atom is -0.445 e. The van der Waals surface area contributed by atoms with Crippen LogP contribution in [0.1, 0.15) is 98.6 Å². The summed E-state index contributed by atoms with van der Waals surface area (Å²) in [5.41, 5.74) is 18.0. The summed E-state index contributed by atoms with van der Waals surface area (Å²) in [6, 6.07) is 32.2. The first kappa shape index (κ1) is 52.0. The number of H-pyrrole nitrogens is 2. The molecule has 14 nitrogen and oxygen atoms in total. The number of alkyl carbamates (subject to hydrolysis) is 2. The fraction of sp³-hybridized carbons (Fsp3) is 0.345. The molecule has 2 aliphatic rings. The molecule has 4 aromatic heterocycles. The van der Waals surface area contributed by atoms with Crippen molar-refractivity contribution in [3.8, 4) is 22.5 Å². The quantitative estimate of drug-likeness (QED) is 0.0717. The number of aromatic amines is 2. The summed E-state index contributed by atoms with van der Waals surface area (Å²) in [5.74, 6) is 0.610. The van der Waals surface area contributed by atoms with Gasteiger partial charge in [-0.05, 0) is 138 Å². The highest BCUT2D eigenvalue weighted by molar-refractivity contribution is 6.28. The van der Waals surface area contributed by atoms with Gasteiger partial charge in [-0.2, -0.15) is 0 Å². The van der Waals surface area contributed by atoms with Crippen molar-refractivity contribution in [2.75, 3.05) is 5.32 Å². The molecule has 2 aliphatic carbocycles. The molecule has 10 rings (SSSR count). The molecule has 380 valence electrons. The van der Waals surface area contributed by atoms with E-state index < -0.39 is 0 Å². The van der Waals surface area contributed by atoms with Gasteiger partial charge in [-0.3, -0.25) is 0 Å². The van der Waals surface area contributed by atoms with Crippen LogP contribution in [0.5, 0.6) is 0 Å². The predicted octanol–water partition coefficient (Wildman–Crippen LogP) is 12.7. The number of para-hydroxylation sites is 2. The topological polar surface area (TPSA) is 198 Å². The molecule has 4 heterocycles. The first-order valence-corrected chi connectivity index (χ1v) is 25.5. The van der Waals surface area contributed by atoms with Gasteiger partial charge in [0.25, 0.3) is 0 Å². The Kier molecular flexibility index (Phi) is 16.8. The molecule has 0 bridgehead atoms. The first-order chi connectivity index (χ1) is 35.1. The van der Waals surface area contributed by atoms with E-state index in [9.17, 15) is 9.59 Å². The Bertz CT molecular complexity index is 3150. The van der Waals surface area contributed by atoms with E-state index >= 15 is 0 Å². The highest BCUT2D eigenvalue weighted by atomic mass is 35.5. The molecule has 73 heavy (non-hydrogen) atoms. The lowest BCUT2D eigenvalue weighted by Crippen LogP contribution is -2.51. The Labute approximate surface area is 432 Å². The fourth-order valence-electron chi connectivity index (χ4n) is 10.0. The lowest BCUT2D eigenvalue weighted by atomic mass is 9.80. The number of halogens is 1. The third-order valence-corrected chi connectivity index (χ3v) is 14.0. The zero-order chi connectivity index (χ0) is 51.5. The SMILES string of the molecule is C[C@]1(NC(=O)OCc2ccccc2)CCC[C@@H](N)C1.Cc1cnc(Cl)nc1-c1c[nH]c2c(C)cccc12.Cc1cnc(N[C@@H]2CCC[C@](C)(NC(=O)OCc3ccccc3)C2)nc1-c1c[nH]c2c(C)cccc12. The molecule has 0 saturated heterocycles. The number of hydrogen-bond acceptors (Lipinski definition) is 10. The van der Waals surface area contributed by atoms with Crippen molar-refractivity contribution < 1.29 is 19.1 Å². The normalized spacial score (nSPS) is 19.4. The van der Waals surface area contributed by atoms with Crippen LogP contribution >= 0.6 is 11.6 Å². The number of fused-ring (bicyclic) bond motifs is 2. The second-order valence-corrected chi connectivity index (χ2v) is 20.4. The molecule has 8 aromatic rings. The van der Waals surface area contributed by atoms with E-state index in [1.54, 1.807) is 6.20 Å². The number of rotatable bonds is 10. The van der Waals surface area contributed by atoms with E-state index in [1.165, 1.54) is 11.1 Å². The molecule has 0 aliphatic heterocycles. The third kappa shape index (κ3) is 13.6. The van der Waals surface area contributed by atoms with Gasteiger partial charge in [-0.15, -0.1) is 0 Å². The van der Waals surface area contributed by atoms with Gasteiger partial charge in [0, 0.05) is 80.9 Å². The summed E-state index contributed by atoms with van der Waals surface area (Å²) in [5, 5.41) is 12.2. The van der Waals surface area contributed by atoms with E-state index in [1.807, 2.05) is 106 Å². The minimum absolute atomic E-state index is 0.152. The Balaban J connectivity index is 0.000000161. The average Bonchev–Trinajstić information content (AvgIpc) is 4.01. The van der Waals surface area contributed by atoms with Crippen molar-refractivity contribution in [2.45, 2.75) is 129 Å². The number of ether oxygens (including phenoxy) is 2. The Morgan fingerprint density at radius 3 is 1.67 bits per heavy atom. The number of amides is 2. The highest BCUT2D eigenvalue weighted by Crippen LogP contribution is 2.34. The number of carbonyl (C=O) groups excluding carboxylic acids is 2. The van der Waals surface area contributed by atoms with Crippen LogP contribution in [0.3, 0.4) is 0 Å². The summed E-state index contributed by atoms with van der Waals surface area (Å²) < 4.78 is 10.7. The maximum atomic E-state index is 12.5. The second kappa shape index (κ2) is 23.5. The number of aromatic nitrogens is 6. The van der Waals surface area contributed by atoms with E-state index in [0.717, 1.165) is 118 Å². The molecule has 0 unspecified atom stereocenters. The summed E-state index contributed by atoms with van der Waals surface area (Å²) in [6.07, 6.45) is 14.4. The van der Waals surface area contributed by atoms with E-state index in [2.05, 4.69) is 92.0 Å². The van der Waals surface area contributed by atoms with Crippen molar-refractivity contribution in [3.05, 3.63) is 161 Å². The zero-order valence-electron chi connectivity index (χ0n) is 42.6. The van der Waals surface area contributed by atoms with Gasteiger partial charge in [0.15, 0.2) is 0 Å². The maximum absolute atomic E-state index is 12.5. The predicted molar refractivity (Wildman–Crippen MR) is 291 cm³/mol. The molecule has 15 heteroatoms. The third-order valence-electron chi connectivity index (χ3n) is 13.8. The molecule has 4 atom stereocenters.